The fourth-order valence-electron chi connectivity index (χ4n) is 2.50. The predicted molar refractivity (Wildman–Crippen MR) is 85.3 cm³/mol. The van der Waals surface area contributed by atoms with Crippen molar-refractivity contribution in [3.63, 3.8) is 0 Å². The molecule has 4 nitrogen and oxygen atoms in total. The van der Waals surface area contributed by atoms with Gasteiger partial charge in [-0.25, -0.2) is 8.42 Å². The van der Waals surface area contributed by atoms with Gasteiger partial charge in [0.25, 0.3) is 0 Å². The van der Waals surface area contributed by atoms with Crippen LogP contribution in [0.5, 0.6) is 0 Å². The average molecular weight is 320 g/mol. The van der Waals surface area contributed by atoms with E-state index in [1.165, 1.54) is 17.4 Å². The molecule has 0 spiro atoms. The Morgan fingerprint density at radius 1 is 1.14 bits per heavy atom. The molecule has 0 saturated carbocycles. The first-order valence-electron chi connectivity index (χ1n) is 6.73. The first-order chi connectivity index (χ1) is 10.0. The summed E-state index contributed by atoms with van der Waals surface area (Å²) in [4.78, 5) is 5.98. The standard InChI is InChI=1S/C15H16N2O2S2/c1-21(18,19)17-14-9-11-3-2-4-12(11)10-15(14)20-13-5-7-16-8-6-13/h5-10,17H,2-4H2,1H3. The van der Waals surface area contributed by atoms with Crippen molar-refractivity contribution in [2.45, 2.75) is 29.1 Å². The number of hydrogen-bond donors (Lipinski definition) is 1. The van der Waals surface area contributed by atoms with Crippen LogP contribution in [0.4, 0.5) is 5.69 Å². The number of aromatic nitrogens is 1. The maximum Gasteiger partial charge on any atom is 0.229 e. The molecule has 0 aliphatic heterocycles. The summed E-state index contributed by atoms with van der Waals surface area (Å²) in [5, 5.41) is 0. The zero-order chi connectivity index (χ0) is 14.9. The summed E-state index contributed by atoms with van der Waals surface area (Å²) in [5.41, 5.74) is 3.24. The molecule has 21 heavy (non-hydrogen) atoms. The molecule has 0 saturated heterocycles. The van der Waals surface area contributed by atoms with Crippen LogP contribution in [0.25, 0.3) is 0 Å². The van der Waals surface area contributed by atoms with E-state index in [0.29, 0.717) is 5.69 Å². The number of aryl methyl sites for hydroxylation is 2. The summed E-state index contributed by atoms with van der Waals surface area (Å²) in [6.07, 6.45) is 7.88. The van der Waals surface area contributed by atoms with Crippen LogP contribution < -0.4 is 4.72 Å². The third-order valence-electron chi connectivity index (χ3n) is 3.37. The smallest absolute Gasteiger partial charge is 0.229 e. The number of rotatable bonds is 4. The number of benzene rings is 1. The van der Waals surface area contributed by atoms with Gasteiger partial charge >= 0.3 is 0 Å². The van der Waals surface area contributed by atoms with Crippen molar-refractivity contribution in [2.75, 3.05) is 11.0 Å². The second kappa shape index (κ2) is 5.69. The number of nitrogens with one attached hydrogen (secondary N) is 1. The monoisotopic (exact) mass is 320 g/mol. The maximum absolute atomic E-state index is 11.6. The van der Waals surface area contributed by atoms with Crippen LogP contribution in [0.3, 0.4) is 0 Å². The van der Waals surface area contributed by atoms with E-state index in [-0.39, 0.29) is 0 Å². The van der Waals surface area contributed by atoms with Gasteiger partial charge < -0.3 is 0 Å². The summed E-state index contributed by atoms with van der Waals surface area (Å²) < 4.78 is 25.8. The normalized spacial score (nSPS) is 14.0. The highest BCUT2D eigenvalue weighted by atomic mass is 32.2. The molecule has 1 aliphatic rings. The molecule has 1 N–H and O–H groups in total. The minimum absolute atomic E-state index is 0.667. The van der Waals surface area contributed by atoms with Crippen molar-refractivity contribution in [1.29, 1.82) is 0 Å². The summed E-state index contributed by atoms with van der Waals surface area (Å²) >= 11 is 1.55. The third kappa shape index (κ3) is 3.57. The first-order valence-corrected chi connectivity index (χ1v) is 9.43. The third-order valence-corrected chi connectivity index (χ3v) is 5.02. The minimum Gasteiger partial charge on any atom is -0.283 e. The minimum atomic E-state index is -3.29. The van der Waals surface area contributed by atoms with Crippen molar-refractivity contribution in [2.24, 2.45) is 0 Å². The van der Waals surface area contributed by atoms with Gasteiger partial charge in [-0.1, -0.05) is 11.8 Å². The largest absolute Gasteiger partial charge is 0.283 e. The zero-order valence-corrected chi connectivity index (χ0v) is 13.3. The highest BCUT2D eigenvalue weighted by molar-refractivity contribution is 7.99. The highest BCUT2D eigenvalue weighted by Gasteiger charge is 2.17. The number of pyridine rings is 1. The molecule has 110 valence electrons. The first kappa shape index (κ1) is 14.4. The molecular formula is C15H16N2O2S2. The van der Waals surface area contributed by atoms with Gasteiger partial charge in [0.15, 0.2) is 0 Å². The van der Waals surface area contributed by atoms with Crippen molar-refractivity contribution in [3.05, 3.63) is 47.8 Å². The number of anilines is 1. The van der Waals surface area contributed by atoms with Crippen LogP contribution in [-0.2, 0) is 22.9 Å². The highest BCUT2D eigenvalue weighted by Crippen LogP contribution is 2.38. The van der Waals surface area contributed by atoms with Gasteiger partial charge in [-0.05, 0) is 54.7 Å². The Kier molecular flexibility index (Phi) is 3.91. The second-order valence-corrected chi connectivity index (χ2v) is 7.99. The van der Waals surface area contributed by atoms with E-state index in [0.717, 1.165) is 29.1 Å². The van der Waals surface area contributed by atoms with E-state index in [2.05, 4.69) is 15.8 Å². The Morgan fingerprint density at radius 2 is 1.81 bits per heavy atom. The van der Waals surface area contributed by atoms with Crippen molar-refractivity contribution in [1.82, 2.24) is 4.98 Å². The lowest BCUT2D eigenvalue weighted by atomic mass is 10.1. The molecule has 0 atom stereocenters. The van der Waals surface area contributed by atoms with Crippen LogP contribution in [0.15, 0.2) is 46.5 Å². The van der Waals surface area contributed by atoms with Gasteiger partial charge in [0.05, 0.1) is 11.9 Å². The van der Waals surface area contributed by atoms with Crippen LogP contribution in [-0.4, -0.2) is 19.7 Å². The lowest BCUT2D eigenvalue weighted by Crippen LogP contribution is -2.10. The Bertz CT molecular complexity index is 759. The van der Waals surface area contributed by atoms with Crippen LogP contribution in [0.2, 0.25) is 0 Å². The number of hydrogen-bond acceptors (Lipinski definition) is 4. The molecule has 6 heteroatoms. The molecule has 2 aromatic rings. The SMILES string of the molecule is CS(=O)(=O)Nc1cc2c(cc1Sc1ccncc1)CCC2. The van der Waals surface area contributed by atoms with Gasteiger partial charge in [0, 0.05) is 22.2 Å². The molecule has 1 heterocycles. The van der Waals surface area contributed by atoms with Gasteiger partial charge in [0.1, 0.15) is 0 Å². The molecular weight excluding hydrogens is 304 g/mol. The summed E-state index contributed by atoms with van der Waals surface area (Å²) in [7, 11) is -3.29. The van der Waals surface area contributed by atoms with E-state index in [4.69, 9.17) is 0 Å². The average Bonchev–Trinajstić information content (AvgIpc) is 2.85. The predicted octanol–water partition coefficient (Wildman–Crippen LogP) is 3.09. The van der Waals surface area contributed by atoms with E-state index in [1.54, 1.807) is 24.2 Å². The summed E-state index contributed by atoms with van der Waals surface area (Å²) in [6.45, 7) is 0. The van der Waals surface area contributed by atoms with E-state index in [1.807, 2.05) is 18.2 Å². The van der Waals surface area contributed by atoms with Crippen molar-refractivity contribution < 1.29 is 8.42 Å². The van der Waals surface area contributed by atoms with Gasteiger partial charge in [-0.15, -0.1) is 0 Å². The molecule has 0 amide bonds. The number of fused-ring (bicyclic) bond motifs is 1. The Morgan fingerprint density at radius 3 is 2.48 bits per heavy atom. The molecule has 0 radical (unpaired) electrons. The number of nitrogens with zero attached hydrogens (tertiary/aromatic N) is 1. The maximum atomic E-state index is 11.6. The summed E-state index contributed by atoms with van der Waals surface area (Å²) in [6, 6.07) is 7.93. The zero-order valence-electron chi connectivity index (χ0n) is 11.7. The quantitative estimate of drug-likeness (QED) is 0.940. The molecule has 0 unspecified atom stereocenters. The van der Waals surface area contributed by atoms with E-state index < -0.39 is 10.0 Å². The van der Waals surface area contributed by atoms with Crippen molar-refractivity contribution >= 4 is 27.5 Å². The Balaban J connectivity index is 2.00. The molecule has 3 rings (SSSR count). The molecule has 0 fully saturated rings. The van der Waals surface area contributed by atoms with Crippen molar-refractivity contribution in [3.8, 4) is 0 Å². The lowest BCUT2D eigenvalue weighted by molar-refractivity contribution is 0.606. The molecule has 1 aromatic heterocycles. The van der Waals surface area contributed by atoms with Gasteiger partial charge in [-0.3, -0.25) is 9.71 Å². The second-order valence-electron chi connectivity index (χ2n) is 5.13. The fourth-order valence-corrected chi connectivity index (χ4v) is 4.06. The van der Waals surface area contributed by atoms with Crippen LogP contribution >= 0.6 is 11.8 Å². The Hall–Kier alpha value is -1.53. The van der Waals surface area contributed by atoms with E-state index >= 15 is 0 Å². The lowest BCUT2D eigenvalue weighted by Gasteiger charge is -2.13. The van der Waals surface area contributed by atoms with E-state index in [9.17, 15) is 8.42 Å². The van der Waals surface area contributed by atoms with Crippen LogP contribution in [0.1, 0.15) is 17.5 Å². The molecule has 1 aromatic carbocycles. The van der Waals surface area contributed by atoms with Gasteiger partial charge in [0.2, 0.25) is 10.0 Å². The summed E-state index contributed by atoms with van der Waals surface area (Å²) in [5.74, 6) is 0. The Labute approximate surface area is 129 Å². The number of sulfonamides is 1. The van der Waals surface area contributed by atoms with Crippen LogP contribution in [0, 0.1) is 0 Å². The molecule has 1 aliphatic carbocycles. The fraction of sp³-hybridized carbons (Fsp3) is 0.267. The van der Waals surface area contributed by atoms with Gasteiger partial charge in [-0.2, -0.15) is 0 Å². The topological polar surface area (TPSA) is 59.1 Å². The molecule has 0 bridgehead atoms.